The minimum atomic E-state index is -3.41. The predicted molar refractivity (Wildman–Crippen MR) is 112 cm³/mol. The Hall–Kier alpha value is -1.60. The maximum absolute atomic E-state index is 12.9. The minimum Gasteiger partial charge on any atom is -0.336 e. The van der Waals surface area contributed by atoms with Gasteiger partial charge in [0.05, 0.1) is 15.5 Å². The molecule has 1 aliphatic rings. The molecule has 0 N–H and O–H groups in total. The summed E-state index contributed by atoms with van der Waals surface area (Å²) in [5, 5.41) is 0.988. The summed E-state index contributed by atoms with van der Waals surface area (Å²) in [6.07, 6.45) is 1.11. The van der Waals surface area contributed by atoms with Gasteiger partial charge in [0.15, 0.2) is 9.84 Å². The summed E-state index contributed by atoms with van der Waals surface area (Å²) in [5.74, 6) is -0.249. The van der Waals surface area contributed by atoms with Gasteiger partial charge in [-0.15, -0.1) is 0 Å². The first-order valence-electron chi connectivity index (χ1n) is 8.96. The van der Waals surface area contributed by atoms with Crippen LogP contribution in [0.15, 0.2) is 47.4 Å². The van der Waals surface area contributed by atoms with Gasteiger partial charge < -0.3 is 4.90 Å². The molecule has 3 rings (SSSR count). The molecule has 1 amide bonds. The van der Waals surface area contributed by atoms with E-state index in [-0.39, 0.29) is 27.4 Å². The summed E-state index contributed by atoms with van der Waals surface area (Å²) in [7, 11) is -3.41. The van der Waals surface area contributed by atoms with Crippen molar-refractivity contribution in [3.05, 3.63) is 63.6 Å². The number of hydrogen-bond donors (Lipinski definition) is 0. The van der Waals surface area contributed by atoms with Crippen LogP contribution in [0.1, 0.15) is 28.9 Å². The van der Waals surface area contributed by atoms with E-state index in [1.807, 2.05) is 24.3 Å². The van der Waals surface area contributed by atoms with Crippen LogP contribution >= 0.6 is 23.2 Å². The van der Waals surface area contributed by atoms with E-state index in [0.717, 1.165) is 16.8 Å². The third kappa shape index (κ3) is 4.51. The van der Waals surface area contributed by atoms with Crippen molar-refractivity contribution in [2.75, 3.05) is 32.4 Å². The summed E-state index contributed by atoms with van der Waals surface area (Å²) in [4.78, 5) is 17.0. The molecular weight excluding hydrogens is 419 g/mol. The van der Waals surface area contributed by atoms with Gasteiger partial charge in [0.2, 0.25) is 0 Å². The van der Waals surface area contributed by atoms with Crippen LogP contribution in [0.5, 0.6) is 0 Å². The lowest BCUT2D eigenvalue weighted by Gasteiger charge is -2.38. The fourth-order valence-corrected chi connectivity index (χ4v) is 4.53. The largest absolute Gasteiger partial charge is 0.336 e. The standard InChI is InChI=1S/C20H22Cl2N2O3S/c1-14(16-5-3-4-6-18(16)21)23-9-11-24(12-10-23)20(25)17-13-15(28(2,26)27)7-8-19(17)22/h3-8,13-14H,9-12H2,1-2H3. The summed E-state index contributed by atoms with van der Waals surface area (Å²) in [6.45, 7) is 4.56. The zero-order valence-electron chi connectivity index (χ0n) is 15.7. The molecule has 0 radical (unpaired) electrons. The summed E-state index contributed by atoms with van der Waals surface area (Å²) in [5.41, 5.74) is 1.28. The highest BCUT2D eigenvalue weighted by Gasteiger charge is 2.27. The molecule has 0 spiro atoms. The summed E-state index contributed by atoms with van der Waals surface area (Å²) >= 11 is 12.5. The molecule has 28 heavy (non-hydrogen) atoms. The molecule has 150 valence electrons. The molecule has 1 atom stereocenters. The number of carbonyl (C=O) groups is 1. The van der Waals surface area contributed by atoms with Gasteiger partial charge in [-0.05, 0) is 36.8 Å². The number of hydrogen-bond acceptors (Lipinski definition) is 4. The third-order valence-electron chi connectivity index (χ3n) is 5.10. The highest BCUT2D eigenvalue weighted by Crippen LogP contribution is 2.28. The average Bonchev–Trinajstić information content (AvgIpc) is 2.67. The fourth-order valence-electron chi connectivity index (χ4n) is 3.39. The highest BCUT2D eigenvalue weighted by molar-refractivity contribution is 7.90. The molecule has 1 heterocycles. The molecule has 1 fully saturated rings. The zero-order chi connectivity index (χ0) is 20.5. The molecule has 2 aromatic carbocycles. The van der Waals surface area contributed by atoms with Crippen molar-refractivity contribution in [2.45, 2.75) is 17.9 Å². The zero-order valence-corrected chi connectivity index (χ0v) is 18.1. The molecule has 1 unspecified atom stereocenters. The van der Waals surface area contributed by atoms with Crippen molar-refractivity contribution < 1.29 is 13.2 Å². The summed E-state index contributed by atoms with van der Waals surface area (Å²) in [6, 6.07) is 12.1. The van der Waals surface area contributed by atoms with E-state index < -0.39 is 9.84 Å². The van der Waals surface area contributed by atoms with E-state index in [1.165, 1.54) is 18.2 Å². The minimum absolute atomic E-state index is 0.0891. The van der Waals surface area contributed by atoms with Crippen molar-refractivity contribution in [1.82, 2.24) is 9.80 Å². The van der Waals surface area contributed by atoms with Gasteiger partial charge in [-0.25, -0.2) is 8.42 Å². The molecule has 5 nitrogen and oxygen atoms in total. The van der Waals surface area contributed by atoms with Crippen molar-refractivity contribution in [3.8, 4) is 0 Å². The first-order chi connectivity index (χ1) is 13.2. The maximum atomic E-state index is 12.9. The van der Waals surface area contributed by atoms with Crippen LogP contribution in [0.25, 0.3) is 0 Å². The Balaban J connectivity index is 1.72. The number of benzene rings is 2. The molecule has 1 aliphatic heterocycles. The van der Waals surface area contributed by atoms with Gasteiger partial charge in [0, 0.05) is 43.5 Å². The van der Waals surface area contributed by atoms with Crippen molar-refractivity contribution >= 4 is 38.9 Å². The van der Waals surface area contributed by atoms with E-state index >= 15 is 0 Å². The quantitative estimate of drug-likeness (QED) is 0.722. The fraction of sp³-hybridized carbons (Fsp3) is 0.350. The molecule has 0 saturated carbocycles. The second-order valence-electron chi connectivity index (χ2n) is 6.94. The van der Waals surface area contributed by atoms with Gasteiger partial charge in [0.25, 0.3) is 5.91 Å². The first kappa shape index (κ1) is 21.1. The number of amides is 1. The highest BCUT2D eigenvalue weighted by atomic mass is 35.5. The van der Waals surface area contributed by atoms with Gasteiger partial charge >= 0.3 is 0 Å². The predicted octanol–water partition coefficient (Wildman–Crippen LogP) is 3.92. The van der Waals surface area contributed by atoms with Crippen LogP contribution in [-0.2, 0) is 9.84 Å². The average molecular weight is 441 g/mol. The monoisotopic (exact) mass is 440 g/mol. The molecule has 0 bridgehead atoms. The third-order valence-corrected chi connectivity index (χ3v) is 6.88. The normalized spacial score (nSPS) is 16.8. The van der Waals surface area contributed by atoms with Crippen LogP contribution in [0.2, 0.25) is 10.0 Å². The van der Waals surface area contributed by atoms with Gasteiger partial charge in [0.1, 0.15) is 0 Å². The number of carbonyl (C=O) groups excluding carboxylic acids is 1. The van der Waals surface area contributed by atoms with Gasteiger partial charge in [-0.3, -0.25) is 9.69 Å². The van der Waals surface area contributed by atoms with Crippen molar-refractivity contribution in [3.63, 3.8) is 0 Å². The molecule has 1 saturated heterocycles. The number of sulfone groups is 1. The first-order valence-corrected chi connectivity index (χ1v) is 11.6. The van der Waals surface area contributed by atoms with Crippen molar-refractivity contribution in [1.29, 1.82) is 0 Å². The topological polar surface area (TPSA) is 57.7 Å². The van der Waals surface area contributed by atoms with E-state index in [0.29, 0.717) is 26.2 Å². The van der Waals surface area contributed by atoms with Crippen molar-refractivity contribution in [2.24, 2.45) is 0 Å². The SMILES string of the molecule is CC(c1ccccc1Cl)N1CCN(C(=O)c2cc(S(C)(=O)=O)ccc2Cl)CC1. The van der Waals surface area contributed by atoms with Crippen LogP contribution in [0.3, 0.4) is 0 Å². The molecule has 8 heteroatoms. The Kier molecular flexibility index (Phi) is 6.34. The van der Waals surface area contributed by atoms with Crippen LogP contribution < -0.4 is 0 Å². The van der Waals surface area contributed by atoms with Crippen LogP contribution in [-0.4, -0.2) is 56.6 Å². The maximum Gasteiger partial charge on any atom is 0.255 e. The Morgan fingerprint density at radius 2 is 1.64 bits per heavy atom. The Bertz CT molecular complexity index is 987. The number of rotatable bonds is 4. The summed E-state index contributed by atoms with van der Waals surface area (Å²) < 4.78 is 23.6. The Morgan fingerprint density at radius 1 is 1.00 bits per heavy atom. The smallest absolute Gasteiger partial charge is 0.255 e. The van der Waals surface area contributed by atoms with Crippen LogP contribution in [0.4, 0.5) is 0 Å². The second-order valence-corrected chi connectivity index (χ2v) is 9.77. The van der Waals surface area contributed by atoms with E-state index in [4.69, 9.17) is 23.2 Å². The Morgan fingerprint density at radius 3 is 2.25 bits per heavy atom. The van der Waals surface area contributed by atoms with E-state index in [1.54, 1.807) is 4.90 Å². The number of nitrogens with zero attached hydrogens (tertiary/aromatic N) is 2. The number of halogens is 2. The molecule has 2 aromatic rings. The molecule has 0 aromatic heterocycles. The molecule has 0 aliphatic carbocycles. The lowest BCUT2D eigenvalue weighted by atomic mass is 10.1. The lowest BCUT2D eigenvalue weighted by molar-refractivity contribution is 0.0582. The Labute approximate surface area is 175 Å². The van der Waals surface area contributed by atoms with E-state index in [9.17, 15) is 13.2 Å². The molecular formula is C20H22Cl2N2O3S. The van der Waals surface area contributed by atoms with Gasteiger partial charge in [-0.2, -0.15) is 0 Å². The van der Waals surface area contributed by atoms with E-state index in [2.05, 4.69) is 11.8 Å². The number of piperazine rings is 1. The van der Waals surface area contributed by atoms with Gasteiger partial charge in [-0.1, -0.05) is 41.4 Å². The lowest BCUT2D eigenvalue weighted by Crippen LogP contribution is -2.49. The van der Waals surface area contributed by atoms with Crippen LogP contribution in [0, 0.1) is 0 Å². The second kappa shape index (κ2) is 8.41.